The highest BCUT2D eigenvalue weighted by Crippen LogP contribution is 2.47. The van der Waals surface area contributed by atoms with Crippen LogP contribution < -0.4 is 16.0 Å². The molecule has 172 valence electrons. The molecule has 2 aromatic carbocycles. The first-order chi connectivity index (χ1) is 16.4. The lowest BCUT2D eigenvalue weighted by atomic mass is 9.99. The maximum Gasteiger partial charge on any atom is 0.310 e. The lowest BCUT2D eigenvalue weighted by molar-refractivity contribution is -0.139. The number of hydrogen-bond donors (Lipinski definition) is 3. The smallest absolute Gasteiger partial charge is 0.310 e. The van der Waals surface area contributed by atoms with Gasteiger partial charge in [0.25, 0.3) is 5.91 Å². The Labute approximate surface area is 200 Å². The number of benzene rings is 2. The van der Waals surface area contributed by atoms with Crippen molar-refractivity contribution in [2.75, 3.05) is 6.54 Å². The summed E-state index contributed by atoms with van der Waals surface area (Å²) in [5, 5.41) is 9.78. The predicted octanol–water partition coefficient (Wildman–Crippen LogP) is 3.34. The van der Waals surface area contributed by atoms with E-state index >= 15 is 0 Å². The Morgan fingerprint density at radius 2 is 1.79 bits per heavy atom. The minimum atomic E-state index is -0.843. The van der Waals surface area contributed by atoms with E-state index in [0.29, 0.717) is 24.0 Å². The maximum atomic E-state index is 14.4. The van der Waals surface area contributed by atoms with Gasteiger partial charge in [0.15, 0.2) is 0 Å². The molecule has 0 unspecified atom stereocenters. The van der Waals surface area contributed by atoms with Gasteiger partial charge in [0.05, 0.1) is 12.1 Å². The number of nitrogens with one attached hydrogen (secondary N) is 3. The Bertz CT molecular complexity index is 1280. The van der Waals surface area contributed by atoms with Gasteiger partial charge in [-0.3, -0.25) is 14.4 Å². The van der Waals surface area contributed by atoms with Crippen LogP contribution in [0.2, 0.25) is 0 Å². The van der Waals surface area contributed by atoms with Crippen LogP contribution in [0.4, 0.5) is 4.39 Å². The van der Waals surface area contributed by atoms with Crippen LogP contribution in [0.25, 0.3) is 10.4 Å². The van der Waals surface area contributed by atoms with Crippen molar-refractivity contribution in [3.05, 3.63) is 82.5 Å². The first kappa shape index (κ1) is 23.2. The van der Waals surface area contributed by atoms with Crippen LogP contribution >= 0.6 is 11.3 Å². The Kier molecular flexibility index (Phi) is 6.75. The fourth-order valence-electron chi connectivity index (χ4n) is 3.71. The molecule has 3 aromatic rings. The predicted molar refractivity (Wildman–Crippen MR) is 128 cm³/mol. The minimum absolute atomic E-state index is 0.0125. The number of carbonyl (C=O) groups is 3. The second-order valence-electron chi connectivity index (χ2n) is 7.97. The molecule has 8 heteroatoms. The third kappa shape index (κ3) is 5.16. The van der Waals surface area contributed by atoms with Crippen molar-refractivity contribution in [2.24, 2.45) is 0 Å². The zero-order valence-corrected chi connectivity index (χ0v) is 19.0. The van der Waals surface area contributed by atoms with Gasteiger partial charge < -0.3 is 16.0 Å². The van der Waals surface area contributed by atoms with Crippen LogP contribution in [0.15, 0.2) is 60.0 Å². The zero-order valence-electron chi connectivity index (χ0n) is 18.2. The molecule has 0 spiro atoms. The molecule has 0 saturated heterocycles. The molecule has 0 bridgehead atoms. The van der Waals surface area contributed by atoms with Gasteiger partial charge in [-0.15, -0.1) is 17.8 Å². The van der Waals surface area contributed by atoms with Crippen molar-refractivity contribution >= 4 is 29.1 Å². The quantitative estimate of drug-likeness (QED) is 0.362. The van der Waals surface area contributed by atoms with E-state index in [1.54, 1.807) is 24.3 Å². The number of amides is 3. The molecule has 34 heavy (non-hydrogen) atoms. The maximum absolute atomic E-state index is 14.4. The summed E-state index contributed by atoms with van der Waals surface area (Å²) in [6.45, 7) is -0.0665. The Hall–Kier alpha value is -3.96. The molecule has 0 aliphatic heterocycles. The van der Waals surface area contributed by atoms with Crippen molar-refractivity contribution in [2.45, 2.75) is 24.9 Å². The highest BCUT2D eigenvalue weighted by atomic mass is 32.1. The van der Waals surface area contributed by atoms with Gasteiger partial charge in [0, 0.05) is 17.0 Å². The summed E-state index contributed by atoms with van der Waals surface area (Å²) in [6, 6.07) is 15.5. The van der Waals surface area contributed by atoms with Crippen LogP contribution in [0.5, 0.6) is 0 Å². The average Bonchev–Trinajstić information content (AvgIpc) is 3.40. The number of terminal acetylenes is 1. The van der Waals surface area contributed by atoms with Crippen LogP contribution in [-0.4, -0.2) is 24.3 Å². The number of hydrogen-bond acceptors (Lipinski definition) is 4. The van der Waals surface area contributed by atoms with Crippen molar-refractivity contribution in [1.29, 1.82) is 0 Å². The number of thiophene rings is 1. The molecule has 0 radical (unpaired) electrons. The Morgan fingerprint density at radius 1 is 1.03 bits per heavy atom. The van der Waals surface area contributed by atoms with Gasteiger partial charge in [-0.05, 0) is 65.2 Å². The van der Waals surface area contributed by atoms with E-state index in [2.05, 4.69) is 21.9 Å². The molecular formula is C26H22FN3O3S. The third-order valence-corrected chi connectivity index (χ3v) is 6.54. The fourth-order valence-corrected chi connectivity index (χ4v) is 4.42. The molecule has 1 heterocycles. The lowest BCUT2D eigenvalue weighted by Crippen LogP contribution is -2.40. The normalized spacial score (nSPS) is 13.4. The summed E-state index contributed by atoms with van der Waals surface area (Å²) in [5.41, 5.74) is 1.77. The largest absolute Gasteiger partial charge is 0.344 e. The van der Waals surface area contributed by atoms with Crippen molar-refractivity contribution in [3.8, 4) is 22.8 Å². The van der Waals surface area contributed by atoms with Crippen LogP contribution in [-0.2, 0) is 21.7 Å². The summed E-state index contributed by atoms with van der Waals surface area (Å²) in [6.07, 6.45) is 6.46. The molecule has 1 fully saturated rings. The SMILES string of the molecule is C#CCNC(=O)C(=O)NCc1ccccc1C(=O)NC1(c2cc(F)cc(-c3cccs3)c2)CC1. The van der Waals surface area contributed by atoms with Crippen molar-refractivity contribution < 1.29 is 18.8 Å². The zero-order chi connectivity index (χ0) is 24.1. The van der Waals surface area contributed by atoms with E-state index in [4.69, 9.17) is 6.42 Å². The van der Waals surface area contributed by atoms with Crippen LogP contribution in [0.1, 0.15) is 34.3 Å². The van der Waals surface area contributed by atoms with E-state index < -0.39 is 17.4 Å². The molecule has 3 amide bonds. The van der Waals surface area contributed by atoms with Gasteiger partial charge in [-0.2, -0.15) is 0 Å². The summed E-state index contributed by atoms with van der Waals surface area (Å²) in [4.78, 5) is 37.8. The molecular weight excluding hydrogens is 453 g/mol. The summed E-state index contributed by atoms with van der Waals surface area (Å²) in [7, 11) is 0. The molecule has 6 nitrogen and oxygen atoms in total. The lowest BCUT2D eigenvalue weighted by Gasteiger charge is -2.20. The highest BCUT2D eigenvalue weighted by Gasteiger charge is 2.46. The van der Waals surface area contributed by atoms with Crippen LogP contribution in [0.3, 0.4) is 0 Å². The van der Waals surface area contributed by atoms with Crippen LogP contribution in [0, 0.1) is 18.2 Å². The number of halogens is 1. The number of carbonyl (C=O) groups excluding carboxylic acids is 3. The van der Waals surface area contributed by atoms with E-state index in [-0.39, 0.29) is 24.8 Å². The van der Waals surface area contributed by atoms with E-state index in [1.165, 1.54) is 23.5 Å². The van der Waals surface area contributed by atoms with E-state index in [0.717, 1.165) is 16.0 Å². The van der Waals surface area contributed by atoms with Gasteiger partial charge >= 0.3 is 11.8 Å². The van der Waals surface area contributed by atoms with Crippen molar-refractivity contribution in [3.63, 3.8) is 0 Å². The molecule has 1 aromatic heterocycles. The first-order valence-electron chi connectivity index (χ1n) is 10.7. The minimum Gasteiger partial charge on any atom is -0.344 e. The fraction of sp³-hybridized carbons (Fsp3) is 0.192. The topological polar surface area (TPSA) is 87.3 Å². The van der Waals surface area contributed by atoms with Gasteiger partial charge in [-0.25, -0.2) is 4.39 Å². The Balaban J connectivity index is 1.49. The summed E-state index contributed by atoms with van der Waals surface area (Å²) >= 11 is 1.52. The molecule has 4 rings (SSSR count). The molecule has 1 aliphatic carbocycles. The van der Waals surface area contributed by atoms with E-state index in [1.807, 2.05) is 23.6 Å². The number of rotatable bonds is 7. The average molecular weight is 476 g/mol. The Morgan fingerprint density at radius 3 is 2.50 bits per heavy atom. The van der Waals surface area contributed by atoms with Crippen molar-refractivity contribution in [1.82, 2.24) is 16.0 Å². The standard InChI is InChI=1S/C26H22FN3O3S/c1-2-11-28-24(32)25(33)29-16-17-6-3-4-7-21(17)23(31)30-26(9-10-26)19-13-18(14-20(27)15-19)22-8-5-12-34-22/h1,3-8,12-15H,9-11,16H2,(H,28,32)(H,29,33)(H,30,31). The van der Waals surface area contributed by atoms with Gasteiger partial charge in [0.1, 0.15) is 5.82 Å². The highest BCUT2D eigenvalue weighted by molar-refractivity contribution is 7.13. The first-order valence-corrected chi connectivity index (χ1v) is 11.5. The second kappa shape index (κ2) is 9.89. The molecule has 3 N–H and O–H groups in total. The molecule has 1 aliphatic rings. The third-order valence-electron chi connectivity index (χ3n) is 5.62. The molecule has 1 saturated carbocycles. The summed E-state index contributed by atoms with van der Waals surface area (Å²) < 4.78 is 14.4. The second-order valence-corrected chi connectivity index (χ2v) is 8.92. The van der Waals surface area contributed by atoms with E-state index in [9.17, 15) is 18.8 Å². The van der Waals surface area contributed by atoms with Gasteiger partial charge in [-0.1, -0.05) is 30.2 Å². The monoisotopic (exact) mass is 475 g/mol. The van der Waals surface area contributed by atoms with Gasteiger partial charge in [0.2, 0.25) is 0 Å². The summed E-state index contributed by atoms with van der Waals surface area (Å²) in [5.74, 6) is -0.153. The molecule has 0 atom stereocenters.